The zero-order valence-corrected chi connectivity index (χ0v) is 17.2. The summed E-state index contributed by atoms with van der Waals surface area (Å²) >= 11 is 2.90. The van der Waals surface area contributed by atoms with E-state index in [2.05, 4.69) is 22.2 Å². The van der Waals surface area contributed by atoms with E-state index < -0.39 is 17.6 Å². The van der Waals surface area contributed by atoms with Crippen LogP contribution in [0, 0.1) is 5.92 Å². The van der Waals surface area contributed by atoms with E-state index in [9.17, 15) is 18.0 Å². The van der Waals surface area contributed by atoms with Crippen molar-refractivity contribution in [1.82, 2.24) is 9.97 Å². The normalized spacial score (nSPS) is 16.6. The molecule has 2 heterocycles. The van der Waals surface area contributed by atoms with Gasteiger partial charge in [-0.2, -0.15) is 13.2 Å². The van der Waals surface area contributed by atoms with E-state index in [1.165, 1.54) is 46.7 Å². The predicted octanol–water partition coefficient (Wildman–Crippen LogP) is 5.57. The number of carbonyl (C=O) groups is 1. The van der Waals surface area contributed by atoms with Crippen LogP contribution in [0.4, 0.5) is 18.9 Å². The highest BCUT2D eigenvalue weighted by Crippen LogP contribution is 2.40. The third kappa shape index (κ3) is 4.25. The molecule has 0 spiro atoms. The van der Waals surface area contributed by atoms with E-state index in [0.29, 0.717) is 10.9 Å². The molecule has 0 fully saturated rings. The number of thiophene rings is 1. The van der Waals surface area contributed by atoms with E-state index in [1.54, 1.807) is 11.3 Å². The smallest absolute Gasteiger partial charge is 0.325 e. The van der Waals surface area contributed by atoms with Crippen LogP contribution >= 0.6 is 23.1 Å². The van der Waals surface area contributed by atoms with E-state index in [-0.39, 0.29) is 11.4 Å². The lowest BCUT2D eigenvalue weighted by atomic mass is 9.89. The number of hydrogen-bond acceptors (Lipinski definition) is 5. The largest absolute Gasteiger partial charge is 0.418 e. The maximum absolute atomic E-state index is 13.1. The Labute approximate surface area is 173 Å². The molecule has 29 heavy (non-hydrogen) atoms. The van der Waals surface area contributed by atoms with Crippen molar-refractivity contribution < 1.29 is 18.0 Å². The number of anilines is 1. The average Bonchev–Trinajstić information content (AvgIpc) is 3.04. The van der Waals surface area contributed by atoms with Crippen LogP contribution in [-0.4, -0.2) is 21.6 Å². The van der Waals surface area contributed by atoms with Crippen LogP contribution in [0.25, 0.3) is 10.2 Å². The van der Waals surface area contributed by atoms with Gasteiger partial charge >= 0.3 is 6.18 Å². The Morgan fingerprint density at radius 3 is 2.90 bits per heavy atom. The lowest BCUT2D eigenvalue weighted by molar-refractivity contribution is -0.137. The summed E-state index contributed by atoms with van der Waals surface area (Å²) in [5.74, 6) is 0.106. The molecule has 2 aromatic heterocycles. The molecular formula is C20H18F3N3OS2. The topological polar surface area (TPSA) is 54.9 Å². The molecule has 0 bridgehead atoms. The van der Waals surface area contributed by atoms with Gasteiger partial charge in [-0.15, -0.1) is 11.3 Å². The molecule has 0 saturated carbocycles. The first kappa shape index (κ1) is 20.2. The minimum atomic E-state index is -4.53. The van der Waals surface area contributed by atoms with Crippen molar-refractivity contribution in [2.75, 3.05) is 11.1 Å². The molecule has 0 saturated heterocycles. The van der Waals surface area contributed by atoms with Gasteiger partial charge in [-0.25, -0.2) is 9.97 Å². The van der Waals surface area contributed by atoms with Gasteiger partial charge in [-0.05, 0) is 42.9 Å². The molecule has 0 aliphatic heterocycles. The SMILES string of the molecule is C[C@@H]1CCc2c(sc3ncnc(SCC(=O)Nc4ccccc4C(F)(F)F)c23)C1. The lowest BCUT2D eigenvalue weighted by Gasteiger charge is -2.18. The second kappa shape index (κ2) is 7.95. The van der Waals surface area contributed by atoms with Gasteiger partial charge in [0.2, 0.25) is 5.91 Å². The number of carbonyl (C=O) groups excluding carboxylic acids is 1. The fourth-order valence-corrected chi connectivity index (χ4v) is 5.76. The number of thioether (sulfide) groups is 1. The second-order valence-corrected chi connectivity index (χ2v) is 9.14. The van der Waals surface area contributed by atoms with E-state index in [4.69, 9.17) is 0 Å². The van der Waals surface area contributed by atoms with Crippen LogP contribution < -0.4 is 5.32 Å². The first-order valence-electron chi connectivity index (χ1n) is 9.17. The number of aryl methyl sites for hydroxylation is 1. The number of benzene rings is 1. The van der Waals surface area contributed by atoms with Crippen LogP contribution in [-0.2, 0) is 23.8 Å². The molecule has 1 N–H and O–H groups in total. The fraction of sp³-hybridized carbons (Fsp3) is 0.350. The summed E-state index contributed by atoms with van der Waals surface area (Å²) in [4.78, 5) is 23.3. The minimum Gasteiger partial charge on any atom is -0.325 e. The van der Waals surface area contributed by atoms with Crippen molar-refractivity contribution in [3.63, 3.8) is 0 Å². The highest BCUT2D eigenvalue weighted by molar-refractivity contribution is 8.00. The standard InChI is InChI=1S/C20H18F3N3OS2/c1-11-6-7-12-15(8-11)29-19-17(12)18(24-10-25-19)28-9-16(27)26-14-5-3-2-4-13(14)20(21,22)23/h2-5,10-11H,6-9H2,1H3,(H,26,27)/t11-/m1/s1. The van der Waals surface area contributed by atoms with E-state index in [1.807, 2.05) is 0 Å². The molecule has 0 radical (unpaired) electrons. The van der Waals surface area contributed by atoms with Crippen LogP contribution in [0.1, 0.15) is 29.3 Å². The van der Waals surface area contributed by atoms with Gasteiger partial charge < -0.3 is 5.32 Å². The molecule has 1 amide bonds. The number of rotatable bonds is 4. The van der Waals surface area contributed by atoms with Gasteiger partial charge in [0.25, 0.3) is 0 Å². The zero-order chi connectivity index (χ0) is 20.6. The monoisotopic (exact) mass is 437 g/mol. The maximum Gasteiger partial charge on any atom is 0.418 e. The Morgan fingerprint density at radius 1 is 1.31 bits per heavy atom. The van der Waals surface area contributed by atoms with Crippen LogP contribution in [0.15, 0.2) is 35.6 Å². The third-order valence-electron chi connectivity index (χ3n) is 4.90. The van der Waals surface area contributed by atoms with Crippen LogP contribution in [0.3, 0.4) is 0 Å². The number of alkyl halides is 3. The van der Waals surface area contributed by atoms with E-state index >= 15 is 0 Å². The summed E-state index contributed by atoms with van der Waals surface area (Å²) in [6.45, 7) is 2.23. The molecule has 1 atom stereocenters. The minimum absolute atomic E-state index is 0.0284. The van der Waals surface area contributed by atoms with Crippen molar-refractivity contribution in [2.24, 2.45) is 5.92 Å². The van der Waals surface area contributed by atoms with Gasteiger partial charge in [0.15, 0.2) is 0 Å². The number of fused-ring (bicyclic) bond motifs is 3. The highest BCUT2D eigenvalue weighted by Gasteiger charge is 2.33. The van der Waals surface area contributed by atoms with Crippen molar-refractivity contribution in [3.05, 3.63) is 46.6 Å². The molecule has 3 aromatic rings. The molecular weight excluding hydrogens is 419 g/mol. The van der Waals surface area contributed by atoms with Crippen LogP contribution in [0.5, 0.6) is 0 Å². The summed E-state index contributed by atoms with van der Waals surface area (Å²) in [7, 11) is 0. The zero-order valence-electron chi connectivity index (χ0n) is 15.5. The first-order chi connectivity index (χ1) is 13.8. The average molecular weight is 438 g/mol. The van der Waals surface area contributed by atoms with Gasteiger partial charge in [-0.1, -0.05) is 30.8 Å². The molecule has 152 valence electrons. The summed E-state index contributed by atoms with van der Waals surface area (Å²) in [6, 6.07) is 4.97. The van der Waals surface area contributed by atoms with Gasteiger partial charge in [0, 0.05) is 10.3 Å². The van der Waals surface area contributed by atoms with Crippen molar-refractivity contribution in [1.29, 1.82) is 0 Å². The van der Waals surface area contributed by atoms with Gasteiger partial charge in [0.05, 0.1) is 17.0 Å². The molecule has 1 aliphatic carbocycles. The Hall–Kier alpha value is -2.13. The van der Waals surface area contributed by atoms with Crippen molar-refractivity contribution >= 4 is 44.9 Å². The van der Waals surface area contributed by atoms with Crippen molar-refractivity contribution in [3.8, 4) is 0 Å². The summed E-state index contributed by atoms with van der Waals surface area (Å²) in [6.07, 6.45) is 0.0416. The highest BCUT2D eigenvalue weighted by atomic mass is 32.2. The molecule has 1 aliphatic rings. The van der Waals surface area contributed by atoms with Gasteiger partial charge in [0.1, 0.15) is 16.2 Å². The number of nitrogens with zero attached hydrogens (tertiary/aromatic N) is 2. The number of amides is 1. The predicted molar refractivity (Wildman–Crippen MR) is 109 cm³/mol. The fourth-order valence-electron chi connectivity index (χ4n) is 3.52. The molecule has 0 unspecified atom stereocenters. The van der Waals surface area contributed by atoms with Crippen molar-refractivity contribution in [2.45, 2.75) is 37.4 Å². The summed E-state index contributed by atoms with van der Waals surface area (Å²) in [5, 5.41) is 4.08. The van der Waals surface area contributed by atoms with Crippen LogP contribution in [0.2, 0.25) is 0 Å². The Balaban J connectivity index is 1.52. The number of halogens is 3. The Morgan fingerprint density at radius 2 is 2.10 bits per heavy atom. The molecule has 9 heteroatoms. The third-order valence-corrected chi connectivity index (χ3v) is 7.06. The second-order valence-electron chi connectivity index (χ2n) is 7.09. The quantitative estimate of drug-likeness (QED) is 0.429. The molecule has 4 nitrogen and oxygen atoms in total. The van der Waals surface area contributed by atoms with E-state index in [0.717, 1.165) is 35.5 Å². The maximum atomic E-state index is 13.1. The number of aromatic nitrogens is 2. The Kier molecular flexibility index (Phi) is 5.52. The summed E-state index contributed by atoms with van der Waals surface area (Å²) in [5.41, 5.74) is 0.165. The molecule has 4 rings (SSSR count). The summed E-state index contributed by atoms with van der Waals surface area (Å²) < 4.78 is 39.3. The molecule has 1 aromatic carbocycles. The first-order valence-corrected chi connectivity index (χ1v) is 11.0. The number of hydrogen-bond donors (Lipinski definition) is 1. The lowest BCUT2D eigenvalue weighted by Crippen LogP contribution is -2.18. The Bertz CT molecular complexity index is 1060. The van der Waals surface area contributed by atoms with Gasteiger partial charge in [-0.3, -0.25) is 4.79 Å². The number of para-hydroxylation sites is 1. The number of nitrogens with one attached hydrogen (secondary N) is 1.